The second kappa shape index (κ2) is 9.19. The molecule has 5 rings (SSSR count). The molecule has 0 bridgehead atoms. The zero-order valence-corrected chi connectivity index (χ0v) is 19.0. The molecule has 0 aliphatic carbocycles. The number of aromatic nitrogens is 4. The van der Waals surface area contributed by atoms with Crippen LogP contribution in [0.15, 0.2) is 49.4 Å². The number of hydrogen-bond donors (Lipinski definition) is 1. The van der Waals surface area contributed by atoms with Crippen LogP contribution in [0.5, 0.6) is 0 Å². The fraction of sp³-hybridized carbons (Fsp3) is 0.417. The minimum Gasteiger partial charge on any atom is -0.369 e. The first-order chi connectivity index (χ1) is 16.1. The lowest BCUT2D eigenvalue weighted by Crippen LogP contribution is -2.44. The molecule has 1 N–H and O–H groups in total. The molecule has 2 fully saturated rings. The summed E-state index contributed by atoms with van der Waals surface area (Å²) in [6.07, 6.45) is 6.88. The van der Waals surface area contributed by atoms with Crippen molar-refractivity contribution in [2.75, 3.05) is 56.5 Å². The van der Waals surface area contributed by atoms with E-state index in [0.717, 1.165) is 62.5 Å². The highest BCUT2D eigenvalue weighted by Gasteiger charge is 2.26. The van der Waals surface area contributed by atoms with Crippen LogP contribution in [-0.2, 0) is 4.79 Å². The third-order valence-electron chi connectivity index (χ3n) is 6.64. The maximum Gasteiger partial charge on any atom is 0.245 e. The first-order valence-corrected chi connectivity index (χ1v) is 11.5. The lowest BCUT2D eigenvalue weighted by molar-refractivity contribution is -0.127. The molecule has 0 radical (unpaired) electrons. The monoisotopic (exact) mass is 446 g/mol. The van der Waals surface area contributed by atoms with E-state index in [1.165, 1.54) is 11.8 Å². The zero-order chi connectivity index (χ0) is 22.8. The summed E-state index contributed by atoms with van der Waals surface area (Å²) in [7, 11) is 2.16. The quantitative estimate of drug-likeness (QED) is 0.603. The Hall–Kier alpha value is -3.46. The number of amides is 1. The van der Waals surface area contributed by atoms with Crippen LogP contribution in [0, 0.1) is 0 Å². The Morgan fingerprint density at radius 2 is 1.94 bits per heavy atom. The van der Waals surface area contributed by atoms with E-state index < -0.39 is 0 Å². The van der Waals surface area contributed by atoms with Crippen molar-refractivity contribution in [3.63, 3.8) is 0 Å². The van der Waals surface area contributed by atoms with E-state index in [0.29, 0.717) is 12.5 Å². The number of piperidine rings is 1. The molecule has 3 aromatic rings. The highest BCUT2D eigenvalue weighted by molar-refractivity contribution is 5.87. The molecule has 33 heavy (non-hydrogen) atoms. The van der Waals surface area contributed by atoms with Crippen molar-refractivity contribution in [2.45, 2.75) is 18.8 Å². The molecular weight excluding hydrogens is 416 g/mol. The molecule has 2 saturated heterocycles. The van der Waals surface area contributed by atoms with E-state index >= 15 is 0 Å². The largest absolute Gasteiger partial charge is 0.369 e. The Morgan fingerprint density at radius 1 is 1.15 bits per heavy atom. The number of carbonyl (C=O) groups is 1. The van der Waals surface area contributed by atoms with Gasteiger partial charge in [0.05, 0.1) is 6.20 Å². The third kappa shape index (κ3) is 4.54. The van der Waals surface area contributed by atoms with Crippen molar-refractivity contribution in [1.29, 1.82) is 0 Å². The average Bonchev–Trinajstić information content (AvgIpc) is 3.28. The summed E-state index contributed by atoms with van der Waals surface area (Å²) >= 11 is 0. The summed E-state index contributed by atoms with van der Waals surface area (Å²) in [4.78, 5) is 27.9. The summed E-state index contributed by atoms with van der Waals surface area (Å²) < 4.78 is 1.70. The van der Waals surface area contributed by atoms with Crippen molar-refractivity contribution in [3.8, 4) is 0 Å². The second-order valence-corrected chi connectivity index (χ2v) is 8.84. The van der Waals surface area contributed by atoms with Crippen LogP contribution >= 0.6 is 0 Å². The molecule has 2 aliphatic rings. The van der Waals surface area contributed by atoms with Crippen molar-refractivity contribution in [1.82, 2.24) is 29.4 Å². The van der Waals surface area contributed by atoms with Gasteiger partial charge >= 0.3 is 0 Å². The van der Waals surface area contributed by atoms with Gasteiger partial charge in [-0.05, 0) is 50.2 Å². The fourth-order valence-electron chi connectivity index (χ4n) is 4.67. The number of benzene rings is 1. The van der Waals surface area contributed by atoms with Crippen LogP contribution < -0.4 is 10.2 Å². The van der Waals surface area contributed by atoms with Gasteiger partial charge in [0.25, 0.3) is 0 Å². The summed E-state index contributed by atoms with van der Waals surface area (Å²) in [5.74, 6) is 0.713. The number of likely N-dealkylation sites (tertiary alicyclic amines) is 1. The van der Waals surface area contributed by atoms with E-state index in [4.69, 9.17) is 4.98 Å². The SMILES string of the molecule is C=CC(=O)N1CCCC(c2cnn3cnc(Nc4ccc(N5CCN(C)CC5)cc4)nc23)C1. The van der Waals surface area contributed by atoms with Crippen molar-refractivity contribution >= 4 is 28.9 Å². The van der Waals surface area contributed by atoms with Crippen molar-refractivity contribution < 1.29 is 4.79 Å². The van der Waals surface area contributed by atoms with E-state index in [1.54, 1.807) is 10.8 Å². The Morgan fingerprint density at radius 3 is 2.70 bits per heavy atom. The molecular formula is C24H30N8O. The highest BCUT2D eigenvalue weighted by atomic mass is 16.2. The fourth-order valence-corrected chi connectivity index (χ4v) is 4.67. The number of fused-ring (bicyclic) bond motifs is 1. The Bertz CT molecular complexity index is 1130. The minimum atomic E-state index is -0.0202. The molecule has 1 aromatic carbocycles. The molecule has 2 aromatic heterocycles. The summed E-state index contributed by atoms with van der Waals surface area (Å²) in [6, 6.07) is 8.42. The van der Waals surface area contributed by atoms with Gasteiger partial charge in [0.2, 0.25) is 11.9 Å². The lowest BCUT2D eigenvalue weighted by Gasteiger charge is -2.34. The number of carbonyl (C=O) groups excluding carboxylic acids is 1. The normalized spacial score (nSPS) is 19.6. The molecule has 2 aliphatic heterocycles. The summed E-state index contributed by atoms with van der Waals surface area (Å²) in [5.41, 5.74) is 4.00. The van der Waals surface area contributed by atoms with Crippen LogP contribution in [0.3, 0.4) is 0 Å². The predicted molar refractivity (Wildman–Crippen MR) is 129 cm³/mol. The van der Waals surface area contributed by atoms with Gasteiger partial charge in [0, 0.05) is 62.1 Å². The van der Waals surface area contributed by atoms with Crippen LogP contribution in [-0.4, -0.2) is 81.6 Å². The number of nitrogens with zero attached hydrogens (tertiary/aromatic N) is 7. The maximum atomic E-state index is 12.1. The van der Waals surface area contributed by atoms with E-state index in [9.17, 15) is 4.79 Å². The molecule has 0 spiro atoms. The van der Waals surface area contributed by atoms with Crippen LogP contribution in [0.1, 0.15) is 24.3 Å². The third-order valence-corrected chi connectivity index (χ3v) is 6.64. The van der Waals surface area contributed by atoms with Crippen LogP contribution in [0.25, 0.3) is 5.65 Å². The minimum absolute atomic E-state index is 0.0202. The molecule has 4 heterocycles. The van der Waals surface area contributed by atoms with Crippen molar-refractivity contribution in [2.24, 2.45) is 0 Å². The molecule has 172 valence electrons. The molecule has 1 amide bonds. The first-order valence-electron chi connectivity index (χ1n) is 11.5. The van der Waals surface area contributed by atoms with Gasteiger partial charge in [0.1, 0.15) is 6.33 Å². The Labute approximate surface area is 193 Å². The number of hydrogen-bond acceptors (Lipinski definition) is 7. The summed E-state index contributed by atoms with van der Waals surface area (Å²) in [5, 5.41) is 7.75. The van der Waals surface area contributed by atoms with Crippen molar-refractivity contribution in [3.05, 3.63) is 55.0 Å². The standard InChI is InChI=1S/C24H30N8O/c1-3-22(33)31-10-4-5-18(16-31)21-15-26-32-17-25-24(28-23(21)32)27-19-6-8-20(9-7-19)30-13-11-29(2)12-14-30/h3,6-9,15,17-18H,1,4-5,10-14,16H2,2H3,(H,27,28). The molecule has 9 heteroatoms. The van der Waals surface area contributed by atoms with Crippen LogP contribution in [0.4, 0.5) is 17.3 Å². The molecule has 1 unspecified atom stereocenters. The van der Waals surface area contributed by atoms with E-state index in [-0.39, 0.29) is 11.8 Å². The van der Waals surface area contributed by atoms with Gasteiger partial charge in [-0.25, -0.2) is 9.50 Å². The Kier molecular flexibility index (Phi) is 5.95. The maximum absolute atomic E-state index is 12.1. The number of piperazine rings is 1. The van der Waals surface area contributed by atoms with Gasteiger partial charge in [-0.2, -0.15) is 10.1 Å². The van der Waals surface area contributed by atoms with Gasteiger partial charge in [-0.3, -0.25) is 4.79 Å². The highest BCUT2D eigenvalue weighted by Crippen LogP contribution is 2.30. The molecule has 9 nitrogen and oxygen atoms in total. The predicted octanol–water partition coefficient (Wildman–Crippen LogP) is 2.51. The topological polar surface area (TPSA) is 81.9 Å². The Balaban J connectivity index is 1.31. The summed E-state index contributed by atoms with van der Waals surface area (Å²) in [6.45, 7) is 9.31. The van der Waals surface area contributed by atoms with E-state index in [2.05, 4.69) is 63.1 Å². The smallest absolute Gasteiger partial charge is 0.245 e. The average molecular weight is 447 g/mol. The number of likely N-dealkylation sites (N-methyl/N-ethyl adjacent to an activating group) is 1. The van der Waals surface area contributed by atoms with Crippen LogP contribution in [0.2, 0.25) is 0 Å². The number of anilines is 3. The van der Waals surface area contributed by atoms with E-state index in [1.807, 2.05) is 11.1 Å². The zero-order valence-electron chi connectivity index (χ0n) is 19.0. The number of rotatable bonds is 5. The van der Waals surface area contributed by atoms with Gasteiger partial charge in [0.15, 0.2) is 5.65 Å². The lowest BCUT2D eigenvalue weighted by atomic mass is 9.92. The van der Waals surface area contributed by atoms with Gasteiger partial charge in [-0.15, -0.1) is 0 Å². The molecule has 1 atom stereocenters. The second-order valence-electron chi connectivity index (χ2n) is 8.84. The van der Waals surface area contributed by atoms with Gasteiger partial charge in [-0.1, -0.05) is 6.58 Å². The molecule has 0 saturated carbocycles. The first kappa shape index (κ1) is 21.4. The number of nitrogens with one attached hydrogen (secondary N) is 1. The van der Waals surface area contributed by atoms with Gasteiger partial charge < -0.3 is 20.0 Å².